The fourth-order valence-electron chi connectivity index (χ4n) is 5.25. The number of amides is 1. The van der Waals surface area contributed by atoms with Crippen LogP contribution in [0, 0.1) is 5.92 Å². The smallest absolute Gasteiger partial charge is 0.335 e. The molecule has 0 bridgehead atoms. The number of carboxylic acid groups (broad SMARTS) is 1. The van der Waals surface area contributed by atoms with Crippen LogP contribution in [0.2, 0.25) is 0 Å². The Morgan fingerprint density at radius 2 is 1.89 bits per heavy atom. The van der Waals surface area contributed by atoms with E-state index >= 15 is 0 Å². The second-order valence-electron chi connectivity index (χ2n) is 8.22. The Hall–Kier alpha value is -2.62. The molecule has 2 unspecified atom stereocenters. The first-order valence-electron chi connectivity index (χ1n) is 9.81. The molecule has 0 radical (unpaired) electrons. The van der Waals surface area contributed by atoms with Gasteiger partial charge in [-0.3, -0.25) is 4.79 Å². The van der Waals surface area contributed by atoms with Crippen LogP contribution in [0.3, 0.4) is 0 Å². The number of carbonyl (C=O) groups is 2. The molecule has 4 nitrogen and oxygen atoms in total. The Balaban J connectivity index is 1.38. The van der Waals surface area contributed by atoms with E-state index in [1.165, 1.54) is 11.1 Å². The summed E-state index contributed by atoms with van der Waals surface area (Å²) < 4.78 is 0. The standard InChI is InChI=1S/C23H23NO3/c25-21(20-13-23(20)10-3-5-16-4-1-2-6-19(16)23)24-11-9-15-7-8-17(22(26)27)12-18(15)14-24/h1-2,4,6-8,12,20H,3,5,9-11,13-14H2,(H,26,27). The van der Waals surface area contributed by atoms with Gasteiger partial charge in [-0.15, -0.1) is 0 Å². The zero-order valence-corrected chi connectivity index (χ0v) is 15.3. The van der Waals surface area contributed by atoms with Crippen molar-refractivity contribution in [3.05, 3.63) is 70.3 Å². The summed E-state index contributed by atoms with van der Waals surface area (Å²) >= 11 is 0. The summed E-state index contributed by atoms with van der Waals surface area (Å²) in [4.78, 5) is 26.5. The van der Waals surface area contributed by atoms with Crippen LogP contribution in [0.5, 0.6) is 0 Å². The van der Waals surface area contributed by atoms with Crippen molar-refractivity contribution in [3.63, 3.8) is 0 Å². The third kappa shape index (κ3) is 2.58. The molecule has 2 aliphatic carbocycles. The Morgan fingerprint density at radius 3 is 2.74 bits per heavy atom. The molecular weight excluding hydrogens is 338 g/mol. The maximum Gasteiger partial charge on any atom is 0.335 e. The van der Waals surface area contributed by atoms with E-state index in [-0.39, 0.29) is 17.2 Å². The SMILES string of the molecule is O=C(O)c1ccc2c(c1)CN(C(=O)C1CC13CCCc1ccccc13)CC2. The van der Waals surface area contributed by atoms with E-state index in [9.17, 15) is 14.7 Å². The average molecular weight is 361 g/mol. The molecule has 3 aliphatic rings. The van der Waals surface area contributed by atoms with E-state index in [1.54, 1.807) is 12.1 Å². The van der Waals surface area contributed by atoms with Crippen molar-refractivity contribution < 1.29 is 14.7 Å². The molecule has 1 N–H and O–H groups in total. The minimum Gasteiger partial charge on any atom is -0.478 e. The number of carboxylic acids is 1. The van der Waals surface area contributed by atoms with Crippen molar-refractivity contribution in [1.29, 1.82) is 0 Å². The quantitative estimate of drug-likeness (QED) is 0.890. The summed E-state index contributed by atoms with van der Waals surface area (Å²) in [5, 5.41) is 9.24. The summed E-state index contributed by atoms with van der Waals surface area (Å²) in [6.07, 6.45) is 5.14. The Bertz CT molecular complexity index is 950. The van der Waals surface area contributed by atoms with E-state index in [2.05, 4.69) is 24.3 Å². The molecule has 4 heteroatoms. The van der Waals surface area contributed by atoms with Crippen molar-refractivity contribution in [2.75, 3.05) is 6.54 Å². The van der Waals surface area contributed by atoms with Gasteiger partial charge in [-0.2, -0.15) is 0 Å². The van der Waals surface area contributed by atoms with E-state index in [0.29, 0.717) is 12.1 Å². The van der Waals surface area contributed by atoms with Crippen LogP contribution in [0.1, 0.15) is 51.9 Å². The highest BCUT2D eigenvalue weighted by atomic mass is 16.4. The van der Waals surface area contributed by atoms with Crippen molar-refractivity contribution in [3.8, 4) is 0 Å². The number of benzene rings is 2. The Kier molecular flexibility index (Phi) is 3.64. The molecule has 138 valence electrons. The van der Waals surface area contributed by atoms with Gasteiger partial charge in [0.05, 0.1) is 5.56 Å². The van der Waals surface area contributed by atoms with Gasteiger partial charge in [-0.1, -0.05) is 30.3 Å². The maximum absolute atomic E-state index is 13.3. The Morgan fingerprint density at radius 1 is 1.04 bits per heavy atom. The summed E-state index contributed by atoms with van der Waals surface area (Å²) in [5.41, 5.74) is 5.29. The molecule has 1 saturated carbocycles. The number of hydrogen-bond donors (Lipinski definition) is 1. The van der Waals surface area contributed by atoms with Gasteiger partial charge in [0.15, 0.2) is 0 Å². The second-order valence-corrected chi connectivity index (χ2v) is 8.22. The zero-order valence-electron chi connectivity index (χ0n) is 15.3. The normalized spacial score (nSPS) is 25.6. The molecule has 1 aliphatic heterocycles. The van der Waals surface area contributed by atoms with Gasteiger partial charge < -0.3 is 10.0 Å². The predicted molar refractivity (Wildman–Crippen MR) is 102 cm³/mol. The van der Waals surface area contributed by atoms with Crippen LogP contribution in [-0.2, 0) is 29.6 Å². The summed E-state index contributed by atoms with van der Waals surface area (Å²) in [6, 6.07) is 13.9. The van der Waals surface area contributed by atoms with E-state index < -0.39 is 5.97 Å². The average Bonchev–Trinajstić information content (AvgIpc) is 3.41. The largest absolute Gasteiger partial charge is 0.478 e. The maximum atomic E-state index is 13.3. The number of carbonyl (C=O) groups excluding carboxylic acids is 1. The Labute approximate surface area is 158 Å². The van der Waals surface area contributed by atoms with Crippen LogP contribution in [0.15, 0.2) is 42.5 Å². The lowest BCUT2D eigenvalue weighted by atomic mass is 9.78. The monoisotopic (exact) mass is 361 g/mol. The second kappa shape index (κ2) is 5.95. The van der Waals surface area contributed by atoms with E-state index in [1.807, 2.05) is 11.0 Å². The van der Waals surface area contributed by atoms with Crippen molar-refractivity contribution in [1.82, 2.24) is 4.90 Å². The highest BCUT2D eigenvalue weighted by Gasteiger charge is 2.60. The number of rotatable bonds is 2. The van der Waals surface area contributed by atoms with Gasteiger partial charge in [0.2, 0.25) is 5.91 Å². The summed E-state index contributed by atoms with van der Waals surface area (Å²) in [5.74, 6) is -0.581. The number of hydrogen-bond acceptors (Lipinski definition) is 2. The van der Waals surface area contributed by atoms with Gasteiger partial charge in [0.25, 0.3) is 0 Å². The highest BCUT2D eigenvalue weighted by molar-refractivity contribution is 5.88. The van der Waals surface area contributed by atoms with Gasteiger partial charge in [0.1, 0.15) is 0 Å². The molecule has 27 heavy (non-hydrogen) atoms. The van der Waals surface area contributed by atoms with Crippen LogP contribution >= 0.6 is 0 Å². The van der Waals surface area contributed by atoms with Crippen molar-refractivity contribution in [2.24, 2.45) is 5.92 Å². The topological polar surface area (TPSA) is 57.6 Å². The van der Waals surface area contributed by atoms with Crippen LogP contribution in [0.4, 0.5) is 0 Å². The van der Waals surface area contributed by atoms with Crippen LogP contribution < -0.4 is 0 Å². The third-order valence-electron chi connectivity index (χ3n) is 6.77. The lowest BCUT2D eigenvalue weighted by Crippen LogP contribution is -2.38. The van der Waals surface area contributed by atoms with Crippen LogP contribution in [-0.4, -0.2) is 28.4 Å². The summed E-state index contributed by atoms with van der Waals surface area (Å²) in [7, 11) is 0. The number of aryl methyl sites for hydroxylation is 1. The van der Waals surface area contributed by atoms with Crippen molar-refractivity contribution in [2.45, 2.75) is 44.1 Å². The fraction of sp³-hybridized carbons (Fsp3) is 0.391. The van der Waals surface area contributed by atoms with Gasteiger partial charge in [-0.05, 0) is 66.5 Å². The molecule has 1 fully saturated rings. The summed E-state index contributed by atoms with van der Waals surface area (Å²) in [6.45, 7) is 1.26. The van der Waals surface area contributed by atoms with Gasteiger partial charge in [-0.25, -0.2) is 4.79 Å². The number of aromatic carboxylic acids is 1. The lowest BCUT2D eigenvalue weighted by molar-refractivity contribution is -0.134. The van der Waals surface area contributed by atoms with E-state index in [0.717, 1.165) is 49.8 Å². The molecule has 0 aromatic heterocycles. The molecule has 1 spiro atoms. The molecule has 5 rings (SSSR count). The first-order valence-corrected chi connectivity index (χ1v) is 9.81. The molecule has 0 saturated heterocycles. The van der Waals surface area contributed by atoms with E-state index in [4.69, 9.17) is 0 Å². The minimum atomic E-state index is -0.916. The molecule has 1 heterocycles. The molecule has 1 amide bonds. The van der Waals surface area contributed by atoms with Gasteiger partial charge >= 0.3 is 5.97 Å². The molecular formula is C23H23NO3. The number of fused-ring (bicyclic) bond motifs is 3. The molecule has 2 aromatic carbocycles. The third-order valence-corrected chi connectivity index (χ3v) is 6.77. The minimum absolute atomic E-state index is 0.0507. The highest BCUT2D eigenvalue weighted by Crippen LogP contribution is 2.61. The first-order chi connectivity index (χ1) is 13.1. The zero-order chi connectivity index (χ0) is 18.6. The predicted octanol–water partition coefficient (Wildman–Crippen LogP) is 3.56. The van der Waals surface area contributed by atoms with Crippen molar-refractivity contribution >= 4 is 11.9 Å². The fourth-order valence-corrected chi connectivity index (χ4v) is 5.25. The first kappa shape index (κ1) is 16.5. The van der Waals surface area contributed by atoms with Crippen LogP contribution in [0.25, 0.3) is 0 Å². The number of nitrogens with zero attached hydrogens (tertiary/aromatic N) is 1. The van der Waals surface area contributed by atoms with Gasteiger partial charge in [0, 0.05) is 24.4 Å². The molecule has 2 aromatic rings. The molecule has 2 atom stereocenters. The lowest BCUT2D eigenvalue weighted by Gasteiger charge is -2.31.